The topological polar surface area (TPSA) is 37.0 Å². The molecule has 0 saturated carbocycles. The molecule has 53 valence electrons. The molecule has 1 unspecified atom stereocenters. The summed E-state index contributed by atoms with van der Waals surface area (Å²) in [5.74, 6) is -1.59. The summed E-state index contributed by atoms with van der Waals surface area (Å²) in [6.45, 7) is 1.88. The van der Waals surface area contributed by atoms with Gasteiger partial charge in [0.1, 0.15) is 0 Å². The van der Waals surface area contributed by atoms with Crippen molar-refractivity contribution >= 4 is 5.97 Å². The van der Waals surface area contributed by atoms with E-state index in [2.05, 4.69) is 0 Å². The van der Waals surface area contributed by atoms with Crippen LogP contribution in [0.1, 0.15) is 26.2 Å². The van der Waals surface area contributed by atoms with Gasteiger partial charge in [-0.05, 0) is 6.42 Å². The molecule has 0 amide bonds. The fraction of sp³-hybridized carbons (Fsp3) is 0.833. The van der Waals surface area contributed by atoms with Crippen LogP contribution in [0.5, 0.6) is 0 Å². The molecule has 3 heteroatoms. The smallest absolute Gasteiger partial charge is 0.244 e. The van der Waals surface area contributed by atoms with Crippen molar-refractivity contribution in [1.82, 2.24) is 0 Å². The van der Waals surface area contributed by atoms with Crippen LogP contribution in [0.3, 0.4) is 0 Å². The Morgan fingerprint density at radius 1 is 1.67 bits per heavy atom. The molecule has 0 fully saturated rings. The Bertz CT molecular complexity index is 93.1. The lowest BCUT2D eigenvalue weighted by molar-refractivity contribution is -0.149. The maximum atomic E-state index is 12.1. The van der Waals surface area contributed by atoms with Crippen LogP contribution in [0.2, 0.25) is 0 Å². The first-order valence-corrected chi connectivity index (χ1v) is 3.03. The average Bonchev–Trinajstić information content (AvgIpc) is 1.82. The largest absolute Gasteiger partial charge is 0.389 e. The van der Waals surface area contributed by atoms with Crippen LogP contribution in [0.25, 0.3) is 0 Å². The first kappa shape index (κ1) is 8.40. The second kappa shape index (κ2) is 4.30. The van der Waals surface area contributed by atoms with Crippen LogP contribution >= 0.6 is 0 Å². The molecule has 0 spiro atoms. The van der Waals surface area contributed by atoms with Crippen molar-refractivity contribution < 1.29 is 14.3 Å². The molecule has 0 N–H and O–H groups in total. The summed E-state index contributed by atoms with van der Waals surface area (Å²) < 4.78 is 12.1. The van der Waals surface area contributed by atoms with Gasteiger partial charge in [-0.3, -0.25) is 0 Å². The first-order chi connectivity index (χ1) is 4.18. The monoisotopic (exact) mass is 133 g/mol. The van der Waals surface area contributed by atoms with Crippen LogP contribution in [0, 0.1) is 0 Å². The van der Waals surface area contributed by atoms with Crippen molar-refractivity contribution in [2.24, 2.45) is 0 Å². The van der Waals surface area contributed by atoms with Gasteiger partial charge < -0.3 is 0 Å². The van der Waals surface area contributed by atoms with E-state index in [0.717, 1.165) is 6.42 Å². The lowest BCUT2D eigenvalue weighted by atomic mass is 10.2. The van der Waals surface area contributed by atoms with Crippen LogP contribution in [0.4, 0.5) is 4.39 Å². The zero-order chi connectivity index (χ0) is 7.28. The summed E-state index contributed by atoms with van der Waals surface area (Å²) in [6.07, 6.45) is -0.272. The van der Waals surface area contributed by atoms with Crippen molar-refractivity contribution in [1.29, 1.82) is 0 Å². The number of hydrogen-bond donors (Lipinski definition) is 0. The molecule has 0 bridgehead atoms. The van der Waals surface area contributed by atoms with E-state index in [-0.39, 0.29) is 6.42 Å². The zero-order valence-corrected chi connectivity index (χ0v) is 5.39. The standard InChI is InChI=1S/C6H10FO2/c1-2-3-4-5(7)6(8)9/h5H,2-4H2,1H3. The summed E-state index contributed by atoms with van der Waals surface area (Å²) in [5, 5.41) is 9.72. The molecule has 0 aromatic heterocycles. The van der Waals surface area contributed by atoms with Crippen molar-refractivity contribution in [3.63, 3.8) is 0 Å². The Morgan fingerprint density at radius 2 is 2.22 bits per heavy atom. The van der Waals surface area contributed by atoms with Gasteiger partial charge in [0.2, 0.25) is 6.17 Å². The lowest BCUT2D eigenvalue weighted by Gasteiger charge is -1.96. The maximum absolute atomic E-state index is 12.1. The lowest BCUT2D eigenvalue weighted by Crippen LogP contribution is -2.12. The molecule has 0 aromatic carbocycles. The summed E-state index contributed by atoms with van der Waals surface area (Å²) in [6, 6.07) is 0. The minimum Gasteiger partial charge on any atom is -0.244 e. The van der Waals surface area contributed by atoms with Gasteiger partial charge in [0, 0.05) is 0 Å². The number of unbranched alkanes of at least 4 members (excludes halogenated alkanes) is 1. The molecule has 0 heterocycles. The highest BCUT2D eigenvalue weighted by molar-refractivity contribution is 5.71. The summed E-state index contributed by atoms with van der Waals surface area (Å²) in [5.41, 5.74) is 0. The van der Waals surface area contributed by atoms with Crippen molar-refractivity contribution in [3.05, 3.63) is 0 Å². The normalized spacial score (nSPS) is 13.1. The molecule has 0 aliphatic heterocycles. The van der Waals surface area contributed by atoms with Gasteiger partial charge in [-0.25, -0.2) is 14.3 Å². The maximum Gasteiger partial charge on any atom is 0.389 e. The minimum atomic E-state index is -1.77. The van der Waals surface area contributed by atoms with Gasteiger partial charge in [0.15, 0.2) is 0 Å². The van der Waals surface area contributed by atoms with Gasteiger partial charge in [-0.2, -0.15) is 0 Å². The summed E-state index contributed by atoms with van der Waals surface area (Å²) in [4.78, 5) is 9.72. The van der Waals surface area contributed by atoms with Gasteiger partial charge in [0.25, 0.3) is 0 Å². The number of alkyl halides is 1. The van der Waals surface area contributed by atoms with E-state index < -0.39 is 12.1 Å². The molecule has 0 rings (SSSR count). The van der Waals surface area contributed by atoms with Crippen LogP contribution in [-0.4, -0.2) is 12.1 Å². The molecule has 0 aromatic rings. The second-order valence-electron chi connectivity index (χ2n) is 1.93. The van der Waals surface area contributed by atoms with Gasteiger partial charge >= 0.3 is 5.97 Å². The van der Waals surface area contributed by atoms with Gasteiger partial charge in [-0.15, -0.1) is 0 Å². The van der Waals surface area contributed by atoms with E-state index in [1.807, 2.05) is 6.92 Å². The zero-order valence-electron chi connectivity index (χ0n) is 5.39. The Hall–Kier alpha value is -0.600. The van der Waals surface area contributed by atoms with Gasteiger partial charge in [-0.1, -0.05) is 19.8 Å². The third-order valence-electron chi connectivity index (χ3n) is 1.07. The highest BCUT2D eigenvalue weighted by Gasteiger charge is 2.15. The number of rotatable bonds is 4. The van der Waals surface area contributed by atoms with E-state index in [1.165, 1.54) is 0 Å². The fourth-order valence-corrected chi connectivity index (χ4v) is 0.501. The van der Waals surface area contributed by atoms with E-state index >= 15 is 0 Å². The third kappa shape index (κ3) is 3.94. The van der Waals surface area contributed by atoms with E-state index in [1.54, 1.807) is 0 Å². The van der Waals surface area contributed by atoms with Gasteiger partial charge in [0.05, 0.1) is 0 Å². The molecule has 0 aliphatic rings. The van der Waals surface area contributed by atoms with E-state index in [9.17, 15) is 14.3 Å². The van der Waals surface area contributed by atoms with Crippen molar-refractivity contribution in [3.8, 4) is 0 Å². The molecular weight excluding hydrogens is 123 g/mol. The predicted octanol–water partition coefficient (Wildman–Crippen LogP) is 1.47. The Morgan fingerprint density at radius 3 is 2.56 bits per heavy atom. The summed E-state index contributed by atoms with van der Waals surface area (Å²) >= 11 is 0. The SMILES string of the molecule is CCCCC(F)C([O])=O. The Kier molecular flexibility index (Phi) is 4.01. The molecule has 0 aliphatic carbocycles. The van der Waals surface area contributed by atoms with Crippen molar-refractivity contribution in [2.75, 3.05) is 0 Å². The predicted molar refractivity (Wildman–Crippen MR) is 30.1 cm³/mol. The Balaban J connectivity index is 3.27. The summed E-state index contributed by atoms with van der Waals surface area (Å²) in [7, 11) is 0. The average molecular weight is 133 g/mol. The molecule has 0 saturated heterocycles. The molecule has 1 radical (unpaired) electrons. The van der Waals surface area contributed by atoms with E-state index in [0.29, 0.717) is 6.42 Å². The third-order valence-corrected chi connectivity index (χ3v) is 1.07. The van der Waals surface area contributed by atoms with Crippen LogP contribution in [0.15, 0.2) is 0 Å². The number of carbonyl (C=O) groups excluding carboxylic acids is 1. The van der Waals surface area contributed by atoms with Crippen molar-refractivity contribution in [2.45, 2.75) is 32.4 Å². The molecular formula is C6H10FO2. The molecule has 1 atom stereocenters. The number of halogens is 1. The highest BCUT2D eigenvalue weighted by atomic mass is 19.1. The van der Waals surface area contributed by atoms with Crippen LogP contribution in [-0.2, 0) is 9.90 Å². The number of hydrogen-bond acceptors (Lipinski definition) is 1. The molecule has 2 nitrogen and oxygen atoms in total. The second-order valence-corrected chi connectivity index (χ2v) is 1.93. The number of carbonyl (C=O) groups is 1. The molecule has 9 heavy (non-hydrogen) atoms. The van der Waals surface area contributed by atoms with Crippen LogP contribution < -0.4 is 0 Å². The minimum absolute atomic E-state index is 0.0822. The Labute approximate surface area is 53.7 Å². The fourth-order valence-electron chi connectivity index (χ4n) is 0.501. The first-order valence-electron chi connectivity index (χ1n) is 3.03. The van der Waals surface area contributed by atoms with E-state index in [4.69, 9.17) is 0 Å². The quantitative estimate of drug-likeness (QED) is 0.572. The highest BCUT2D eigenvalue weighted by Crippen LogP contribution is 2.03.